The number of hydrogen-bond acceptors (Lipinski definition) is 3. The molecule has 1 aliphatic heterocycles. The number of halogens is 1. The molecule has 0 saturated carbocycles. The minimum atomic E-state index is -1.17. The number of benzene rings is 2. The molecule has 7 heteroatoms. The highest BCUT2D eigenvalue weighted by Gasteiger charge is 2.48. The molecule has 4 rings (SSSR count). The molecule has 3 amide bonds. The minimum absolute atomic E-state index is 0.0736. The topological polar surface area (TPSA) is 91.1 Å². The fourth-order valence-electron chi connectivity index (χ4n) is 3.75. The van der Waals surface area contributed by atoms with Crippen molar-refractivity contribution in [3.63, 3.8) is 0 Å². The Bertz CT molecular complexity index is 1200. The average molecular weight is 393 g/mol. The fraction of sp³-hybridized carbons (Fsp3) is 0.227. The molecule has 148 valence electrons. The van der Waals surface area contributed by atoms with Crippen molar-refractivity contribution in [3.8, 4) is 11.3 Å². The molecule has 1 atom stereocenters. The number of pyridine rings is 1. The summed E-state index contributed by atoms with van der Waals surface area (Å²) in [7, 11) is 0. The number of imide groups is 1. The van der Waals surface area contributed by atoms with Crippen LogP contribution in [0.15, 0.2) is 53.3 Å². The monoisotopic (exact) mass is 393 g/mol. The van der Waals surface area contributed by atoms with Crippen LogP contribution in [0.2, 0.25) is 0 Å². The summed E-state index contributed by atoms with van der Waals surface area (Å²) in [6, 6.07) is 13.0. The predicted molar refractivity (Wildman–Crippen MR) is 108 cm³/mol. The number of H-pyrrole nitrogens is 1. The van der Waals surface area contributed by atoms with E-state index in [1.165, 1.54) is 6.07 Å². The van der Waals surface area contributed by atoms with Crippen molar-refractivity contribution in [1.29, 1.82) is 0 Å². The van der Waals surface area contributed by atoms with E-state index in [4.69, 9.17) is 0 Å². The second kappa shape index (κ2) is 6.84. The Kier molecular flexibility index (Phi) is 4.45. The van der Waals surface area contributed by atoms with Gasteiger partial charge in [0.25, 0.3) is 11.5 Å². The molecule has 1 aromatic heterocycles. The van der Waals surface area contributed by atoms with Crippen LogP contribution in [0.5, 0.6) is 0 Å². The molecule has 2 heterocycles. The molecule has 3 aromatic rings. The van der Waals surface area contributed by atoms with Gasteiger partial charge >= 0.3 is 6.03 Å². The SMILES string of the molecule is CC(C)C1(Cc2ccc(-c3ccc4cccc(F)c4c3)[nH]c2=O)NC(=O)NC1=O. The van der Waals surface area contributed by atoms with Crippen molar-refractivity contribution in [2.75, 3.05) is 0 Å². The maximum absolute atomic E-state index is 14.1. The number of aromatic nitrogens is 1. The number of carbonyl (C=O) groups is 2. The third kappa shape index (κ3) is 3.18. The molecule has 0 bridgehead atoms. The molecule has 1 saturated heterocycles. The molecule has 1 fully saturated rings. The first-order valence-corrected chi connectivity index (χ1v) is 9.34. The average Bonchev–Trinajstić information content (AvgIpc) is 2.98. The van der Waals surface area contributed by atoms with E-state index in [0.29, 0.717) is 22.2 Å². The summed E-state index contributed by atoms with van der Waals surface area (Å²) in [5, 5.41) is 6.17. The maximum Gasteiger partial charge on any atom is 0.322 e. The van der Waals surface area contributed by atoms with Gasteiger partial charge in [0.05, 0.1) is 0 Å². The molecular weight excluding hydrogens is 373 g/mol. The number of urea groups is 1. The Labute approximate surface area is 166 Å². The highest BCUT2D eigenvalue weighted by atomic mass is 19.1. The van der Waals surface area contributed by atoms with E-state index in [2.05, 4.69) is 15.6 Å². The smallest absolute Gasteiger partial charge is 0.322 e. The zero-order chi connectivity index (χ0) is 20.8. The van der Waals surface area contributed by atoms with Gasteiger partial charge < -0.3 is 10.3 Å². The lowest BCUT2D eigenvalue weighted by Gasteiger charge is -2.30. The highest BCUT2D eigenvalue weighted by molar-refractivity contribution is 6.07. The van der Waals surface area contributed by atoms with Crippen LogP contribution in [0.4, 0.5) is 9.18 Å². The minimum Gasteiger partial charge on any atom is -0.323 e. The van der Waals surface area contributed by atoms with Gasteiger partial charge in [0.2, 0.25) is 0 Å². The van der Waals surface area contributed by atoms with Crippen LogP contribution >= 0.6 is 0 Å². The number of carbonyl (C=O) groups excluding carboxylic acids is 2. The van der Waals surface area contributed by atoms with E-state index < -0.39 is 17.5 Å². The van der Waals surface area contributed by atoms with E-state index in [1.54, 1.807) is 30.3 Å². The van der Waals surface area contributed by atoms with Crippen molar-refractivity contribution in [1.82, 2.24) is 15.6 Å². The van der Waals surface area contributed by atoms with E-state index in [1.807, 2.05) is 26.0 Å². The van der Waals surface area contributed by atoms with Gasteiger partial charge in [-0.15, -0.1) is 0 Å². The van der Waals surface area contributed by atoms with Gasteiger partial charge in [-0.2, -0.15) is 0 Å². The quantitative estimate of drug-likeness (QED) is 0.595. The summed E-state index contributed by atoms with van der Waals surface area (Å²) in [5.41, 5.74) is 0.0773. The van der Waals surface area contributed by atoms with Crippen LogP contribution in [-0.4, -0.2) is 22.5 Å². The zero-order valence-electron chi connectivity index (χ0n) is 16.0. The first-order valence-electron chi connectivity index (χ1n) is 9.34. The van der Waals surface area contributed by atoms with Gasteiger partial charge in [0, 0.05) is 23.1 Å². The molecule has 6 nitrogen and oxygen atoms in total. The third-order valence-electron chi connectivity index (χ3n) is 5.55. The van der Waals surface area contributed by atoms with Gasteiger partial charge in [0.1, 0.15) is 11.4 Å². The summed E-state index contributed by atoms with van der Waals surface area (Å²) >= 11 is 0. The Morgan fingerprint density at radius 1 is 1.03 bits per heavy atom. The number of aromatic amines is 1. The number of nitrogens with one attached hydrogen (secondary N) is 3. The van der Waals surface area contributed by atoms with Gasteiger partial charge in [-0.05, 0) is 35.1 Å². The molecule has 0 radical (unpaired) electrons. The number of hydrogen-bond donors (Lipinski definition) is 3. The highest BCUT2D eigenvalue weighted by Crippen LogP contribution is 2.27. The second-order valence-electron chi connectivity index (χ2n) is 7.61. The standard InChI is InChI=1S/C22H20FN3O3/c1-12(2)22(20(28)25-21(29)26-22)11-15-8-9-18(24-19(15)27)14-7-6-13-4-3-5-17(23)16(13)10-14/h3-10,12H,11H2,1-2H3,(H,24,27)(H2,25,26,28,29). The van der Waals surface area contributed by atoms with Gasteiger partial charge in [-0.1, -0.05) is 44.2 Å². The first-order chi connectivity index (χ1) is 13.8. The number of amides is 3. The summed E-state index contributed by atoms with van der Waals surface area (Å²) in [5.74, 6) is -0.979. The molecule has 1 aliphatic rings. The van der Waals surface area contributed by atoms with Gasteiger partial charge in [-0.25, -0.2) is 9.18 Å². The van der Waals surface area contributed by atoms with Crippen LogP contribution in [0.1, 0.15) is 19.4 Å². The van der Waals surface area contributed by atoms with E-state index in [9.17, 15) is 18.8 Å². The van der Waals surface area contributed by atoms with Gasteiger partial charge in [0.15, 0.2) is 0 Å². The Balaban J connectivity index is 1.70. The van der Waals surface area contributed by atoms with E-state index in [-0.39, 0.29) is 23.7 Å². The van der Waals surface area contributed by atoms with Crippen molar-refractivity contribution in [2.45, 2.75) is 25.8 Å². The zero-order valence-corrected chi connectivity index (χ0v) is 16.0. The van der Waals surface area contributed by atoms with Crippen LogP contribution < -0.4 is 16.2 Å². The molecule has 0 spiro atoms. The molecule has 0 aliphatic carbocycles. The lowest BCUT2D eigenvalue weighted by atomic mass is 9.81. The lowest BCUT2D eigenvalue weighted by molar-refractivity contribution is -0.125. The summed E-state index contributed by atoms with van der Waals surface area (Å²) < 4.78 is 14.1. The predicted octanol–water partition coefficient (Wildman–Crippen LogP) is 3.11. The van der Waals surface area contributed by atoms with Crippen LogP contribution in [0.3, 0.4) is 0 Å². The van der Waals surface area contributed by atoms with Crippen LogP contribution in [-0.2, 0) is 11.2 Å². The second-order valence-corrected chi connectivity index (χ2v) is 7.61. The fourth-order valence-corrected chi connectivity index (χ4v) is 3.75. The van der Waals surface area contributed by atoms with Gasteiger partial charge in [-0.3, -0.25) is 14.9 Å². The molecule has 3 N–H and O–H groups in total. The summed E-state index contributed by atoms with van der Waals surface area (Å²) in [4.78, 5) is 39.5. The third-order valence-corrected chi connectivity index (χ3v) is 5.55. The number of fused-ring (bicyclic) bond motifs is 1. The van der Waals surface area contributed by atoms with E-state index in [0.717, 1.165) is 5.39 Å². The normalized spacial score (nSPS) is 18.9. The Hall–Kier alpha value is -3.48. The van der Waals surface area contributed by atoms with Crippen LogP contribution in [0.25, 0.3) is 22.0 Å². The Morgan fingerprint density at radius 3 is 2.48 bits per heavy atom. The molecular formula is C22H20FN3O3. The van der Waals surface area contributed by atoms with Crippen molar-refractivity contribution < 1.29 is 14.0 Å². The van der Waals surface area contributed by atoms with Crippen molar-refractivity contribution >= 4 is 22.7 Å². The lowest BCUT2D eigenvalue weighted by Crippen LogP contribution is -2.54. The van der Waals surface area contributed by atoms with Crippen molar-refractivity contribution in [3.05, 3.63) is 70.3 Å². The maximum atomic E-state index is 14.1. The summed E-state index contributed by atoms with van der Waals surface area (Å²) in [6.45, 7) is 3.63. The largest absolute Gasteiger partial charge is 0.323 e. The Morgan fingerprint density at radius 2 is 1.83 bits per heavy atom. The van der Waals surface area contributed by atoms with Crippen LogP contribution in [0, 0.1) is 11.7 Å². The first kappa shape index (κ1) is 18.9. The van der Waals surface area contributed by atoms with Crippen molar-refractivity contribution in [2.24, 2.45) is 5.92 Å². The number of rotatable bonds is 4. The van der Waals surface area contributed by atoms with E-state index >= 15 is 0 Å². The molecule has 1 unspecified atom stereocenters. The molecule has 29 heavy (non-hydrogen) atoms. The molecule has 2 aromatic carbocycles. The summed E-state index contributed by atoms with van der Waals surface area (Å²) in [6.07, 6.45) is 0.0736.